The Balaban J connectivity index is 3.20. The summed E-state index contributed by atoms with van der Waals surface area (Å²) < 4.78 is 38.4. The number of ether oxygens (including phenoxy) is 3. The van der Waals surface area contributed by atoms with E-state index in [2.05, 4.69) is 4.74 Å². The molecule has 0 bridgehead atoms. The van der Waals surface area contributed by atoms with E-state index in [0.29, 0.717) is 5.56 Å². The second-order valence-corrected chi connectivity index (χ2v) is 2.87. The molecule has 0 radical (unpaired) electrons. The second kappa shape index (κ2) is 5.50. The molecule has 0 atom stereocenters. The van der Waals surface area contributed by atoms with Crippen LogP contribution in [0.4, 0.5) is 8.78 Å². The van der Waals surface area contributed by atoms with E-state index in [1.165, 1.54) is 26.4 Å². The summed E-state index contributed by atoms with van der Waals surface area (Å²) in [5.41, 5.74) is 0.482. The van der Waals surface area contributed by atoms with Crippen molar-refractivity contribution in [3.63, 3.8) is 0 Å². The number of rotatable bonds is 5. The summed E-state index contributed by atoms with van der Waals surface area (Å²) in [5.74, 6) is -0.00963. The molecule has 0 unspecified atom stereocenters. The molecule has 1 N–H and O–H groups in total. The monoisotopic (exact) mass is 234 g/mol. The Morgan fingerprint density at radius 1 is 1.19 bits per heavy atom. The fourth-order valence-corrected chi connectivity index (χ4v) is 1.23. The molecule has 4 nitrogen and oxygen atoms in total. The molecule has 0 saturated carbocycles. The van der Waals surface area contributed by atoms with E-state index in [1.807, 2.05) is 0 Å². The molecule has 0 aliphatic heterocycles. The van der Waals surface area contributed by atoms with E-state index in [-0.39, 0.29) is 23.9 Å². The Bertz CT molecular complexity index is 330. The molecule has 0 amide bonds. The Morgan fingerprint density at radius 3 is 2.00 bits per heavy atom. The van der Waals surface area contributed by atoms with Crippen LogP contribution in [-0.4, -0.2) is 25.9 Å². The Morgan fingerprint density at radius 2 is 1.69 bits per heavy atom. The van der Waals surface area contributed by atoms with Crippen LogP contribution in [0.2, 0.25) is 0 Å². The van der Waals surface area contributed by atoms with Crippen molar-refractivity contribution in [2.45, 2.75) is 13.2 Å². The van der Waals surface area contributed by atoms with Crippen molar-refractivity contribution in [2.75, 3.05) is 14.2 Å². The van der Waals surface area contributed by atoms with Gasteiger partial charge in [-0.3, -0.25) is 0 Å². The average Bonchev–Trinajstić information content (AvgIpc) is 2.28. The van der Waals surface area contributed by atoms with Crippen molar-refractivity contribution >= 4 is 0 Å². The first-order valence-corrected chi connectivity index (χ1v) is 4.43. The van der Waals surface area contributed by atoms with E-state index in [1.54, 1.807) is 0 Å². The molecule has 16 heavy (non-hydrogen) atoms. The lowest BCUT2D eigenvalue weighted by Crippen LogP contribution is -2.06. The standard InChI is InChI=1S/C10H12F2O4/c1-14-7-3-6(5-13)4-8(15-2)9(7)16-10(11)12/h3-4,10,13H,5H2,1-2H3. The lowest BCUT2D eigenvalue weighted by molar-refractivity contribution is -0.0526. The SMILES string of the molecule is COc1cc(CO)cc(OC)c1OC(F)F. The van der Waals surface area contributed by atoms with Crippen molar-refractivity contribution in [3.8, 4) is 17.2 Å². The second-order valence-electron chi connectivity index (χ2n) is 2.87. The third-order valence-corrected chi connectivity index (χ3v) is 1.91. The maximum Gasteiger partial charge on any atom is 0.387 e. The normalized spacial score (nSPS) is 10.4. The van der Waals surface area contributed by atoms with Gasteiger partial charge in [-0.2, -0.15) is 8.78 Å². The van der Waals surface area contributed by atoms with Crippen LogP contribution in [0.15, 0.2) is 12.1 Å². The van der Waals surface area contributed by atoms with Gasteiger partial charge in [0.15, 0.2) is 11.5 Å². The summed E-state index contributed by atoms with van der Waals surface area (Å²) in [4.78, 5) is 0. The maximum atomic E-state index is 12.2. The Hall–Kier alpha value is -1.56. The predicted molar refractivity (Wildman–Crippen MR) is 52.1 cm³/mol. The molecule has 0 aliphatic rings. The van der Waals surface area contributed by atoms with Gasteiger partial charge in [-0.15, -0.1) is 0 Å². The predicted octanol–water partition coefficient (Wildman–Crippen LogP) is 1.80. The molecule has 0 aliphatic carbocycles. The molecule has 0 aromatic heterocycles. The molecule has 90 valence electrons. The zero-order valence-corrected chi connectivity index (χ0v) is 8.87. The molecule has 0 heterocycles. The third-order valence-electron chi connectivity index (χ3n) is 1.91. The fourth-order valence-electron chi connectivity index (χ4n) is 1.23. The van der Waals surface area contributed by atoms with Gasteiger partial charge < -0.3 is 19.3 Å². The first kappa shape index (κ1) is 12.5. The molecule has 0 saturated heterocycles. The van der Waals surface area contributed by atoms with Gasteiger partial charge in [-0.05, 0) is 17.7 Å². The van der Waals surface area contributed by atoms with Gasteiger partial charge in [-0.1, -0.05) is 0 Å². The fraction of sp³-hybridized carbons (Fsp3) is 0.400. The number of hydrogen-bond donors (Lipinski definition) is 1. The highest BCUT2D eigenvalue weighted by molar-refractivity contribution is 5.53. The molecule has 1 rings (SSSR count). The van der Waals surface area contributed by atoms with Crippen LogP contribution in [0.25, 0.3) is 0 Å². The number of halogens is 2. The third kappa shape index (κ3) is 2.73. The van der Waals surface area contributed by atoms with E-state index in [0.717, 1.165) is 0 Å². The number of benzene rings is 1. The molecular formula is C10H12F2O4. The number of aliphatic hydroxyl groups is 1. The van der Waals surface area contributed by atoms with Crippen molar-refractivity contribution in [2.24, 2.45) is 0 Å². The van der Waals surface area contributed by atoms with Gasteiger partial charge in [0, 0.05) is 0 Å². The van der Waals surface area contributed by atoms with Crippen molar-refractivity contribution in [1.29, 1.82) is 0 Å². The van der Waals surface area contributed by atoms with Crippen LogP contribution in [0.5, 0.6) is 17.2 Å². The van der Waals surface area contributed by atoms with Crippen molar-refractivity contribution in [3.05, 3.63) is 17.7 Å². The smallest absolute Gasteiger partial charge is 0.387 e. The van der Waals surface area contributed by atoms with Crippen molar-refractivity contribution < 1.29 is 28.1 Å². The lowest BCUT2D eigenvalue weighted by atomic mass is 10.2. The summed E-state index contributed by atoms with van der Waals surface area (Å²) in [6.45, 7) is -3.22. The minimum atomic E-state index is -2.97. The van der Waals surface area contributed by atoms with Crippen LogP contribution in [-0.2, 0) is 6.61 Å². The lowest BCUT2D eigenvalue weighted by Gasteiger charge is -2.14. The van der Waals surface area contributed by atoms with Gasteiger partial charge >= 0.3 is 6.61 Å². The number of aliphatic hydroxyl groups excluding tert-OH is 1. The highest BCUT2D eigenvalue weighted by Crippen LogP contribution is 2.39. The molecule has 1 aromatic carbocycles. The molecule has 1 aromatic rings. The zero-order chi connectivity index (χ0) is 12.1. The summed E-state index contributed by atoms with van der Waals surface area (Å²) in [6.07, 6.45) is 0. The first-order valence-electron chi connectivity index (χ1n) is 4.43. The first-order chi connectivity index (χ1) is 7.62. The highest BCUT2D eigenvalue weighted by Gasteiger charge is 2.17. The molecule has 0 fully saturated rings. The van der Waals surface area contributed by atoms with E-state index in [4.69, 9.17) is 14.6 Å². The van der Waals surface area contributed by atoms with Crippen molar-refractivity contribution in [1.82, 2.24) is 0 Å². The van der Waals surface area contributed by atoms with Gasteiger partial charge in [0.05, 0.1) is 20.8 Å². The topological polar surface area (TPSA) is 47.9 Å². The van der Waals surface area contributed by atoms with Gasteiger partial charge in [0.1, 0.15) is 0 Å². The number of methoxy groups -OCH3 is 2. The van der Waals surface area contributed by atoms with Gasteiger partial charge in [0.2, 0.25) is 5.75 Å². The van der Waals surface area contributed by atoms with Gasteiger partial charge in [0.25, 0.3) is 0 Å². The van der Waals surface area contributed by atoms with Crippen LogP contribution in [0.1, 0.15) is 5.56 Å². The molecular weight excluding hydrogens is 222 g/mol. The highest BCUT2D eigenvalue weighted by atomic mass is 19.3. The van der Waals surface area contributed by atoms with E-state index < -0.39 is 6.61 Å². The summed E-state index contributed by atoms with van der Waals surface area (Å²) in [6, 6.07) is 2.81. The summed E-state index contributed by atoms with van der Waals surface area (Å²) in [5, 5.41) is 8.95. The van der Waals surface area contributed by atoms with Crippen LogP contribution in [0, 0.1) is 0 Å². The largest absolute Gasteiger partial charge is 0.493 e. The minimum Gasteiger partial charge on any atom is -0.493 e. The average molecular weight is 234 g/mol. The van der Waals surface area contributed by atoms with Crippen LogP contribution >= 0.6 is 0 Å². The van der Waals surface area contributed by atoms with Crippen LogP contribution < -0.4 is 14.2 Å². The van der Waals surface area contributed by atoms with E-state index >= 15 is 0 Å². The Labute approximate surface area is 91.4 Å². The quantitative estimate of drug-likeness (QED) is 0.843. The van der Waals surface area contributed by atoms with E-state index in [9.17, 15) is 8.78 Å². The Kier molecular flexibility index (Phi) is 4.30. The van der Waals surface area contributed by atoms with Crippen LogP contribution in [0.3, 0.4) is 0 Å². The molecule has 6 heteroatoms. The summed E-state index contributed by atoms with van der Waals surface area (Å²) in [7, 11) is 2.63. The number of hydrogen-bond acceptors (Lipinski definition) is 4. The minimum absolute atomic E-state index is 0.0868. The maximum absolute atomic E-state index is 12.2. The van der Waals surface area contributed by atoms with Gasteiger partial charge in [-0.25, -0.2) is 0 Å². The number of alkyl halides is 2. The zero-order valence-electron chi connectivity index (χ0n) is 8.87. The summed E-state index contributed by atoms with van der Waals surface area (Å²) >= 11 is 0. The molecule has 0 spiro atoms.